The molecule has 1 heterocycles. The lowest BCUT2D eigenvalue weighted by Gasteiger charge is -2.15. The molecule has 3 N–H and O–H groups in total. The molecule has 8 nitrogen and oxygen atoms in total. The monoisotopic (exact) mass is 360 g/mol. The van der Waals surface area contributed by atoms with Crippen LogP contribution in [0.3, 0.4) is 0 Å². The predicted molar refractivity (Wildman–Crippen MR) is 101 cm³/mol. The zero-order valence-electron chi connectivity index (χ0n) is 15.5. The Morgan fingerprint density at radius 2 is 2.00 bits per heavy atom. The van der Waals surface area contributed by atoms with Crippen molar-refractivity contribution in [3.8, 4) is 5.75 Å². The Morgan fingerprint density at radius 1 is 1.31 bits per heavy atom. The highest BCUT2D eigenvalue weighted by atomic mass is 16.5. The molecule has 0 fully saturated rings. The fourth-order valence-corrected chi connectivity index (χ4v) is 2.71. The number of nitrogens with two attached hydrogens (primary N) is 1. The van der Waals surface area contributed by atoms with Crippen molar-refractivity contribution in [3.63, 3.8) is 0 Å². The fourth-order valence-electron chi connectivity index (χ4n) is 2.71. The largest absolute Gasteiger partial charge is 0.495 e. The van der Waals surface area contributed by atoms with Gasteiger partial charge in [0.25, 0.3) is 5.56 Å². The Labute approximate surface area is 151 Å². The van der Waals surface area contributed by atoms with Crippen LogP contribution >= 0.6 is 0 Å². The summed E-state index contributed by atoms with van der Waals surface area (Å²) < 4.78 is 7.42. The van der Waals surface area contributed by atoms with Gasteiger partial charge in [-0.2, -0.15) is 0 Å². The summed E-state index contributed by atoms with van der Waals surface area (Å²) in [7, 11) is 2.87. The Morgan fingerprint density at radius 3 is 2.62 bits per heavy atom. The summed E-state index contributed by atoms with van der Waals surface area (Å²) in [5.41, 5.74) is 6.20. The summed E-state index contributed by atoms with van der Waals surface area (Å²) in [5.74, 6) is -0.000281. The van der Waals surface area contributed by atoms with Gasteiger partial charge in [0.1, 0.15) is 17.1 Å². The van der Waals surface area contributed by atoms with Crippen LogP contribution in [0, 0.1) is 6.92 Å². The number of anilines is 2. The van der Waals surface area contributed by atoms with Gasteiger partial charge in [-0.15, -0.1) is 0 Å². The van der Waals surface area contributed by atoms with Crippen molar-refractivity contribution < 1.29 is 9.53 Å². The first-order valence-corrected chi connectivity index (χ1v) is 8.32. The van der Waals surface area contributed by atoms with Gasteiger partial charge >= 0.3 is 5.69 Å². The third kappa shape index (κ3) is 3.63. The summed E-state index contributed by atoms with van der Waals surface area (Å²) in [5, 5.41) is 2.98. The van der Waals surface area contributed by atoms with Crippen LogP contribution in [0.15, 0.2) is 27.8 Å². The van der Waals surface area contributed by atoms with E-state index in [9.17, 15) is 14.4 Å². The standard InChI is InChI=1S/C18H24N4O4/c1-5-8-22-16(19)15(17(24)21(3)18(22)25)13(23)10-20-12-9-11(2)6-7-14(12)26-4/h6-7,9,20H,5,8,10,19H2,1-4H3. The second-order valence-corrected chi connectivity index (χ2v) is 6.04. The van der Waals surface area contributed by atoms with E-state index in [1.807, 2.05) is 26.0 Å². The van der Waals surface area contributed by atoms with Crippen LogP contribution in [0.4, 0.5) is 11.5 Å². The molecule has 0 bridgehead atoms. The molecule has 0 aliphatic rings. The number of aromatic nitrogens is 2. The van der Waals surface area contributed by atoms with E-state index in [0.717, 1.165) is 10.1 Å². The van der Waals surface area contributed by atoms with Crippen LogP contribution in [-0.2, 0) is 13.6 Å². The van der Waals surface area contributed by atoms with Gasteiger partial charge in [0.2, 0.25) is 0 Å². The summed E-state index contributed by atoms with van der Waals surface area (Å²) >= 11 is 0. The molecular weight excluding hydrogens is 336 g/mol. The number of nitrogens with one attached hydrogen (secondary N) is 1. The number of carbonyl (C=O) groups excluding carboxylic acids is 1. The van der Waals surface area contributed by atoms with E-state index in [-0.39, 0.29) is 17.9 Å². The average Bonchev–Trinajstić information content (AvgIpc) is 2.62. The molecule has 2 aromatic rings. The van der Waals surface area contributed by atoms with Crippen molar-refractivity contribution in [1.82, 2.24) is 9.13 Å². The quantitative estimate of drug-likeness (QED) is 0.717. The zero-order chi connectivity index (χ0) is 19.4. The fraction of sp³-hybridized carbons (Fsp3) is 0.389. The zero-order valence-corrected chi connectivity index (χ0v) is 15.5. The maximum Gasteiger partial charge on any atom is 0.332 e. The predicted octanol–water partition coefficient (Wildman–Crippen LogP) is 1.15. The minimum atomic E-state index is -0.692. The molecule has 26 heavy (non-hydrogen) atoms. The topological polar surface area (TPSA) is 108 Å². The number of carbonyl (C=O) groups is 1. The van der Waals surface area contributed by atoms with Crippen LogP contribution in [0.1, 0.15) is 29.3 Å². The number of nitrogens with zero attached hydrogens (tertiary/aromatic N) is 2. The molecule has 0 saturated carbocycles. The summed E-state index contributed by atoms with van der Waals surface area (Å²) in [6.45, 7) is 3.98. The van der Waals surface area contributed by atoms with Crippen LogP contribution in [0.5, 0.6) is 5.75 Å². The van der Waals surface area contributed by atoms with Crippen LogP contribution in [-0.4, -0.2) is 28.6 Å². The highest BCUT2D eigenvalue weighted by Crippen LogP contribution is 2.25. The molecular formula is C18H24N4O4. The van der Waals surface area contributed by atoms with Crippen LogP contribution < -0.4 is 27.0 Å². The normalized spacial score (nSPS) is 10.6. The minimum absolute atomic E-state index is 0.0945. The molecule has 1 aromatic heterocycles. The molecule has 140 valence electrons. The Bertz CT molecular complexity index is 943. The average molecular weight is 360 g/mol. The molecule has 0 radical (unpaired) electrons. The van der Waals surface area contributed by atoms with Gasteiger partial charge < -0.3 is 15.8 Å². The van der Waals surface area contributed by atoms with E-state index >= 15 is 0 Å². The van der Waals surface area contributed by atoms with Gasteiger partial charge in [-0.3, -0.25) is 18.7 Å². The van der Waals surface area contributed by atoms with E-state index in [0.29, 0.717) is 24.4 Å². The first-order chi connectivity index (χ1) is 12.3. The molecule has 0 amide bonds. The molecule has 0 spiro atoms. The molecule has 1 aromatic carbocycles. The van der Waals surface area contributed by atoms with E-state index in [1.54, 1.807) is 6.07 Å². The number of ketones is 1. The first kappa shape index (κ1) is 19.3. The van der Waals surface area contributed by atoms with Gasteiger partial charge in [0.15, 0.2) is 5.78 Å². The van der Waals surface area contributed by atoms with Crippen molar-refractivity contribution in [2.75, 3.05) is 24.7 Å². The SMILES string of the molecule is CCCn1c(N)c(C(=O)CNc2cc(C)ccc2OC)c(=O)n(C)c1=O. The van der Waals surface area contributed by atoms with Crippen molar-refractivity contribution in [2.45, 2.75) is 26.8 Å². The maximum atomic E-state index is 12.7. The molecule has 8 heteroatoms. The molecule has 2 rings (SSSR count). The van der Waals surface area contributed by atoms with Gasteiger partial charge in [0, 0.05) is 13.6 Å². The lowest BCUT2D eigenvalue weighted by atomic mass is 10.1. The number of rotatable bonds is 7. The number of aryl methyl sites for hydroxylation is 1. The van der Waals surface area contributed by atoms with Crippen molar-refractivity contribution >= 4 is 17.3 Å². The van der Waals surface area contributed by atoms with Crippen LogP contribution in [0.25, 0.3) is 0 Å². The molecule has 0 saturated heterocycles. The lowest BCUT2D eigenvalue weighted by Crippen LogP contribution is -2.43. The van der Waals surface area contributed by atoms with E-state index in [4.69, 9.17) is 10.5 Å². The Kier molecular flexibility index (Phi) is 5.86. The Hall–Kier alpha value is -3.03. The number of ether oxygens (including phenoxy) is 1. The Balaban J connectivity index is 2.38. The minimum Gasteiger partial charge on any atom is -0.495 e. The number of hydrogen-bond acceptors (Lipinski definition) is 6. The molecule has 0 unspecified atom stereocenters. The van der Waals surface area contributed by atoms with Gasteiger partial charge in [-0.1, -0.05) is 13.0 Å². The molecule has 0 aliphatic carbocycles. The number of Topliss-reactive ketones (excluding diaryl/α,β-unsaturated/α-hetero) is 1. The maximum absolute atomic E-state index is 12.7. The number of benzene rings is 1. The number of hydrogen-bond donors (Lipinski definition) is 2. The van der Waals surface area contributed by atoms with Gasteiger partial charge in [-0.05, 0) is 31.0 Å². The number of methoxy groups -OCH3 is 1. The smallest absolute Gasteiger partial charge is 0.332 e. The highest BCUT2D eigenvalue weighted by molar-refractivity contribution is 6.02. The van der Waals surface area contributed by atoms with E-state index in [2.05, 4.69) is 5.32 Å². The van der Waals surface area contributed by atoms with Crippen molar-refractivity contribution in [1.29, 1.82) is 0 Å². The summed E-state index contributed by atoms with van der Waals surface area (Å²) in [4.78, 5) is 37.2. The van der Waals surface area contributed by atoms with Crippen molar-refractivity contribution in [3.05, 3.63) is 50.2 Å². The highest BCUT2D eigenvalue weighted by Gasteiger charge is 2.21. The van der Waals surface area contributed by atoms with Gasteiger partial charge in [0.05, 0.1) is 19.3 Å². The van der Waals surface area contributed by atoms with Gasteiger partial charge in [-0.25, -0.2) is 4.79 Å². The second kappa shape index (κ2) is 7.90. The summed E-state index contributed by atoms with van der Waals surface area (Å²) in [6.07, 6.45) is 0.648. The second-order valence-electron chi connectivity index (χ2n) is 6.04. The third-order valence-corrected chi connectivity index (χ3v) is 4.10. The molecule has 0 aliphatic heterocycles. The number of nitrogen functional groups attached to an aromatic ring is 1. The first-order valence-electron chi connectivity index (χ1n) is 8.32. The molecule has 0 atom stereocenters. The third-order valence-electron chi connectivity index (χ3n) is 4.10. The summed E-state index contributed by atoms with van der Waals surface area (Å²) in [6, 6.07) is 5.52. The van der Waals surface area contributed by atoms with Crippen LogP contribution in [0.2, 0.25) is 0 Å². The van der Waals surface area contributed by atoms with E-state index in [1.165, 1.54) is 18.7 Å². The van der Waals surface area contributed by atoms with Crippen molar-refractivity contribution in [2.24, 2.45) is 7.05 Å². The van der Waals surface area contributed by atoms with E-state index < -0.39 is 17.0 Å². The lowest BCUT2D eigenvalue weighted by molar-refractivity contribution is 0.100.